The number of nitrogens with one attached hydrogen (secondary N) is 1. The molecule has 0 aromatic rings. The molecule has 0 spiro atoms. The Bertz CT molecular complexity index is 394. The predicted octanol–water partition coefficient (Wildman–Crippen LogP) is 2.82. The van der Waals surface area contributed by atoms with E-state index in [4.69, 9.17) is 10.2 Å². The maximum absolute atomic E-state index is 11.7. The molecule has 0 fully saturated rings. The van der Waals surface area contributed by atoms with Crippen LogP contribution in [-0.4, -0.2) is 93.2 Å². The predicted molar refractivity (Wildman–Crippen MR) is 112 cm³/mol. The third-order valence-corrected chi connectivity index (χ3v) is 4.29. The maximum atomic E-state index is 11.7. The molecule has 0 rings (SSSR count). The van der Waals surface area contributed by atoms with Crippen LogP contribution in [0.15, 0.2) is 0 Å². The first-order valence-electron chi connectivity index (χ1n) is 9.71. The first kappa shape index (κ1) is 32.1. The van der Waals surface area contributed by atoms with Crippen LogP contribution in [0.2, 0.25) is 0 Å². The molecule has 0 saturated carbocycles. The summed E-state index contributed by atoms with van der Waals surface area (Å²) in [6, 6.07) is -1.11. The van der Waals surface area contributed by atoms with E-state index in [2.05, 4.69) is 12.2 Å². The van der Waals surface area contributed by atoms with Crippen LogP contribution in [0.1, 0.15) is 96.8 Å². The van der Waals surface area contributed by atoms with Crippen LogP contribution in [0.25, 0.3) is 0 Å². The first-order valence-corrected chi connectivity index (χ1v) is 9.71. The fraction of sp³-hybridized carbons (Fsp3) is 0.842. The number of rotatable bonds is 17. The van der Waals surface area contributed by atoms with Gasteiger partial charge >= 0.3 is 71.1 Å². The minimum absolute atomic E-state index is 0. The van der Waals surface area contributed by atoms with Crippen molar-refractivity contribution in [3.63, 3.8) is 0 Å². The summed E-state index contributed by atoms with van der Waals surface area (Å²) in [5, 5.41) is 20.0. The number of amides is 1. The van der Waals surface area contributed by atoms with Gasteiger partial charge in [-0.1, -0.05) is 71.1 Å². The summed E-state index contributed by atoms with van der Waals surface area (Å²) in [6.07, 6.45) is 13.1. The van der Waals surface area contributed by atoms with Gasteiger partial charge in [0.15, 0.2) is 0 Å². The van der Waals surface area contributed by atoms with Crippen LogP contribution >= 0.6 is 0 Å². The van der Waals surface area contributed by atoms with Crippen molar-refractivity contribution < 1.29 is 24.6 Å². The number of unbranched alkanes of at least 4 members (excludes halogenated alkanes) is 10. The van der Waals surface area contributed by atoms with E-state index in [-0.39, 0.29) is 77.9 Å². The summed E-state index contributed by atoms with van der Waals surface area (Å²) in [5.41, 5.74) is 0. The second-order valence-corrected chi connectivity index (χ2v) is 6.68. The second kappa shape index (κ2) is 22.7. The van der Waals surface area contributed by atoms with E-state index in [1.165, 1.54) is 51.4 Å². The van der Waals surface area contributed by atoms with Crippen LogP contribution in [0.4, 0.5) is 0 Å². The molecule has 27 heavy (non-hydrogen) atoms. The van der Waals surface area contributed by atoms with Gasteiger partial charge in [0.2, 0.25) is 5.91 Å². The molecular formula is C19H37NNa2O5. The van der Waals surface area contributed by atoms with Gasteiger partial charge in [-0.05, 0) is 12.8 Å². The molecule has 0 bridgehead atoms. The van der Waals surface area contributed by atoms with Crippen molar-refractivity contribution in [2.45, 2.75) is 103 Å². The SMILES string of the molecule is CCCCCCCCCCCCCC(=O)N[C@@H](CCC(=O)O)C(=O)O.[NaH].[NaH]. The zero-order chi connectivity index (χ0) is 18.9. The van der Waals surface area contributed by atoms with Gasteiger partial charge in [0, 0.05) is 12.8 Å². The topological polar surface area (TPSA) is 104 Å². The van der Waals surface area contributed by atoms with Gasteiger partial charge in [-0.15, -0.1) is 0 Å². The zero-order valence-corrected chi connectivity index (χ0v) is 15.6. The molecule has 0 aliphatic heterocycles. The molecule has 1 amide bonds. The number of carboxylic acid groups (broad SMARTS) is 2. The van der Waals surface area contributed by atoms with Gasteiger partial charge in [0.05, 0.1) is 0 Å². The van der Waals surface area contributed by atoms with Gasteiger partial charge in [-0.2, -0.15) is 0 Å². The van der Waals surface area contributed by atoms with E-state index in [1.807, 2.05) is 0 Å². The number of aliphatic carboxylic acids is 2. The molecule has 0 unspecified atom stereocenters. The molecule has 0 aliphatic carbocycles. The number of carboxylic acids is 2. The summed E-state index contributed by atoms with van der Waals surface area (Å²) in [6.45, 7) is 2.22. The number of hydrogen-bond donors (Lipinski definition) is 3. The molecule has 150 valence electrons. The number of hydrogen-bond acceptors (Lipinski definition) is 3. The molecule has 1 atom stereocenters. The summed E-state index contributed by atoms with van der Waals surface area (Å²) < 4.78 is 0. The molecular weight excluding hydrogens is 368 g/mol. The molecule has 0 heterocycles. The quantitative estimate of drug-likeness (QED) is 0.255. The average Bonchev–Trinajstić information content (AvgIpc) is 2.56. The van der Waals surface area contributed by atoms with Crippen molar-refractivity contribution in [3.8, 4) is 0 Å². The Labute approximate surface area is 208 Å². The van der Waals surface area contributed by atoms with Crippen LogP contribution in [0.5, 0.6) is 0 Å². The fourth-order valence-electron chi connectivity index (χ4n) is 2.74. The van der Waals surface area contributed by atoms with E-state index >= 15 is 0 Å². The molecule has 8 heteroatoms. The standard InChI is InChI=1S/C19H35NO5.2Na.2H/c1-2-3-4-5-6-7-8-9-10-11-12-13-17(21)20-16(19(24)25)14-15-18(22)23;;;;/h16H,2-15H2,1H3,(H,20,21)(H,22,23)(H,24,25);;;;/t16-;;;;/m0..../s1. The summed E-state index contributed by atoms with van der Waals surface area (Å²) in [4.78, 5) is 33.2. The Morgan fingerprint density at radius 1 is 0.741 bits per heavy atom. The second-order valence-electron chi connectivity index (χ2n) is 6.68. The molecule has 3 N–H and O–H groups in total. The Kier molecular flexibility index (Phi) is 27.0. The van der Waals surface area contributed by atoms with Crippen LogP contribution in [0, 0.1) is 0 Å². The molecule has 0 aromatic carbocycles. The van der Waals surface area contributed by atoms with Gasteiger partial charge in [-0.25, -0.2) is 4.79 Å². The molecule has 0 saturated heterocycles. The van der Waals surface area contributed by atoms with Gasteiger partial charge in [-0.3, -0.25) is 9.59 Å². The van der Waals surface area contributed by atoms with Crippen molar-refractivity contribution in [1.29, 1.82) is 0 Å². The molecule has 6 nitrogen and oxygen atoms in total. The third-order valence-electron chi connectivity index (χ3n) is 4.29. The van der Waals surface area contributed by atoms with Crippen molar-refractivity contribution in [2.75, 3.05) is 0 Å². The summed E-state index contributed by atoms with van der Waals surface area (Å²) >= 11 is 0. The molecule has 0 aliphatic rings. The van der Waals surface area contributed by atoms with Gasteiger partial charge < -0.3 is 15.5 Å². The Hall–Kier alpha value is 0.410. The van der Waals surface area contributed by atoms with Gasteiger partial charge in [0.25, 0.3) is 0 Å². The van der Waals surface area contributed by atoms with Gasteiger partial charge in [0.1, 0.15) is 6.04 Å². The van der Waals surface area contributed by atoms with Crippen molar-refractivity contribution in [3.05, 3.63) is 0 Å². The number of carbonyl (C=O) groups is 3. The van der Waals surface area contributed by atoms with Crippen LogP contribution in [-0.2, 0) is 14.4 Å². The van der Waals surface area contributed by atoms with E-state index < -0.39 is 18.0 Å². The Morgan fingerprint density at radius 2 is 1.19 bits per heavy atom. The molecule has 0 aromatic heterocycles. The van der Waals surface area contributed by atoms with Crippen LogP contribution < -0.4 is 5.32 Å². The minimum atomic E-state index is -1.19. The van der Waals surface area contributed by atoms with E-state index in [0.717, 1.165) is 19.3 Å². The van der Waals surface area contributed by atoms with Crippen molar-refractivity contribution in [1.82, 2.24) is 5.32 Å². The van der Waals surface area contributed by atoms with Crippen molar-refractivity contribution in [2.24, 2.45) is 0 Å². The normalized spacial score (nSPS) is 11.0. The van der Waals surface area contributed by atoms with E-state index in [0.29, 0.717) is 6.42 Å². The summed E-state index contributed by atoms with van der Waals surface area (Å²) in [5.74, 6) is -2.56. The van der Waals surface area contributed by atoms with Crippen molar-refractivity contribution >= 4 is 77.0 Å². The first-order chi connectivity index (χ1) is 12.0. The fourth-order valence-corrected chi connectivity index (χ4v) is 2.74. The third kappa shape index (κ3) is 22.6. The number of carbonyl (C=O) groups excluding carboxylic acids is 1. The zero-order valence-electron chi connectivity index (χ0n) is 15.6. The average molecular weight is 405 g/mol. The molecule has 0 radical (unpaired) electrons. The Balaban J connectivity index is -0.00000288. The monoisotopic (exact) mass is 405 g/mol. The van der Waals surface area contributed by atoms with E-state index in [9.17, 15) is 14.4 Å². The Morgan fingerprint density at radius 3 is 1.59 bits per heavy atom. The summed E-state index contributed by atoms with van der Waals surface area (Å²) in [7, 11) is 0. The van der Waals surface area contributed by atoms with E-state index in [1.54, 1.807) is 0 Å². The van der Waals surface area contributed by atoms with Crippen LogP contribution in [0.3, 0.4) is 0 Å².